The summed E-state index contributed by atoms with van der Waals surface area (Å²) in [7, 11) is -3.94. The second-order valence-electron chi connectivity index (χ2n) is 6.77. The number of hydrogen-bond acceptors (Lipinski definition) is 6. The second-order valence-corrected chi connectivity index (χ2v) is 8.92. The van der Waals surface area contributed by atoms with Crippen molar-refractivity contribution in [2.24, 2.45) is 5.73 Å². The lowest BCUT2D eigenvalue weighted by atomic mass is 10.1. The molecule has 0 bridgehead atoms. The van der Waals surface area contributed by atoms with Crippen LogP contribution in [0.2, 0.25) is 5.02 Å². The predicted molar refractivity (Wildman–Crippen MR) is 110 cm³/mol. The zero-order chi connectivity index (χ0) is 21.7. The molecule has 8 nitrogen and oxygen atoms in total. The van der Waals surface area contributed by atoms with Gasteiger partial charge < -0.3 is 15.2 Å². The van der Waals surface area contributed by atoms with Gasteiger partial charge in [0.25, 0.3) is 0 Å². The molecule has 1 amide bonds. The van der Waals surface area contributed by atoms with Gasteiger partial charge in [0.05, 0.1) is 16.7 Å². The van der Waals surface area contributed by atoms with Crippen molar-refractivity contribution in [3.05, 3.63) is 64.2 Å². The molecule has 1 unspecified atom stereocenters. The van der Waals surface area contributed by atoms with Gasteiger partial charge in [0.2, 0.25) is 15.9 Å². The van der Waals surface area contributed by atoms with Crippen LogP contribution in [-0.4, -0.2) is 39.5 Å². The van der Waals surface area contributed by atoms with E-state index in [1.807, 2.05) is 0 Å². The topological polar surface area (TPSA) is 125 Å². The molecule has 1 heterocycles. The molecule has 3 rings (SSSR count). The van der Waals surface area contributed by atoms with Crippen LogP contribution in [0.25, 0.3) is 0 Å². The first-order chi connectivity index (χ1) is 14.3. The average Bonchev–Trinajstić information content (AvgIpc) is 3.25. The Labute approximate surface area is 179 Å². The fraction of sp³-hybridized carbons (Fsp3) is 0.300. The lowest BCUT2D eigenvalue weighted by Crippen LogP contribution is -2.32. The van der Waals surface area contributed by atoms with E-state index in [2.05, 4.69) is 4.72 Å². The molecule has 1 fully saturated rings. The molecule has 10 heteroatoms. The first-order valence-electron chi connectivity index (χ1n) is 9.23. The Morgan fingerprint density at radius 2 is 2.00 bits per heavy atom. The molecule has 1 saturated heterocycles. The molecule has 1 atom stereocenters. The van der Waals surface area contributed by atoms with Crippen molar-refractivity contribution >= 4 is 33.5 Å². The Morgan fingerprint density at radius 3 is 2.70 bits per heavy atom. The third-order valence-corrected chi connectivity index (χ3v) is 6.47. The van der Waals surface area contributed by atoms with Crippen molar-refractivity contribution in [1.82, 2.24) is 4.72 Å². The lowest BCUT2D eigenvalue weighted by molar-refractivity contribution is 0.0472. The van der Waals surface area contributed by atoms with Crippen LogP contribution in [0, 0.1) is 0 Å². The number of carbonyl (C=O) groups excluding carboxylic acids is 2. The highest BCUT2D eigenvalue weighted by atomic mass is 35.5. The summed E-state index contributed by atoms with van der Waals surface area (Å²) in [5.41, 5.74) is 6.13. The van der Waals surface area contributed by atoms with E-state index in [0.29, 0.717) is 17.7 Å². The van der Waals surface area contributed by atoms with Gasteiger partial charge >= 0.3 is 5.97 Å². The molecular formula is C20H21ClN2O6S. The van der Waals surface area contributed by atoms with Crippen LogP contribution in [-0.2, 0) is 26.1 Å². The van der Waals surface area contributed by atoms with Crippen LogP contribution in [0.4, 0.5) is 0 Å². The standard InChI is InChI=1S/C20H21ClN2O6S/c21-17-7-6-15(10-18(17)30(26,27)23-11-16-5-2-8-28-16)20(25)29-12-13-3-1-4-14(9-13)19(22)24/h1,3-4,6-7,9-10,16,23H,2,5,8,11-12H2,(H2,22,24). The number of nitrogens with one attached hydrogen (secondary N) is 1. The number of nitrogens with two attached hydrogens (primary N) is 1. The van der Waals surface area contributed by atoms with Gasteiger partial charge in [0.1, 0.15) is 11.5 Å². The minimum Gasteiger partial charge on any atom is -0.457 e. The van der Waals surface area contributed by atoms with E-state index in [4.69, 9.17) is 26.8 Å². The molecule has 0 aromatic heterocycles. The van der Waals surface area contributed by atoms with Gasteiger partial charge in [0, 0.05) is 18.7 Å². The molecule has 2 aromatic rings. The molecule has 1 aliphatic rings. The van der Waals surface area contributed by atoms with Crippen LogP contribution in [0.5, 0.6) is 0 Å². The first-order valence-corrected chi connectivity index (χ1v) is 11.1. The molecular weight excluding hydrogens is 432 g/mol. The largest absolute Gasteiger partial charge is 0.457 e. The van der Waals surface area contributed by atoms with Gasteiger partial charge in [-0.15, -0.1) is 0 Å². The Morgan fingerprint density at radius 1 is 1.20 bits per heavy atom. The number of rotatable bonds is 8. The number of primary amides is 1. The average molecular weight is 453 g/mol. The number of carbonyl (C=O) groups is 2. The van der Waals surface area contributed by atoms with Crippen molar-refractivity contribution in [3.63, 3.8) is 0 Å². The maximum absolute atomic E-state index is 12.6. The minimum atomic E-state index is -3.94. The Bertz CT molecular complexity index is 1050. The van der Waals surface area contributed by atoms with E-state index in [-0.39, 0.29) is 34.7 Å². The Hall–Kier alpha value is -2.46. The third kappa shape index (κ3) is 5.57. The van der Waals surface area contributed by atoms with Crippen LogP contribution in [0.15, 0.2) is 47.4 Å². The zero-order valence-corrected chi connectivity index (χ0v) is 17.5. The molecule has 160 valence electrons. The molecule has 0 saturated carbocycles. The monoisotopic (exact) mass is 452 g/mol. The highest BCUT2D eigenvalue weighted by Gasteiger charge is 2.23. The maximum Gasteiger partial charge on any atom is 0.338 e. The molecule has 3 N–H and O–H groups in total. The molecule has 0 aliphatic carbocycles. The third-order valence-electron chi connectivity index (χ3n) is 4.56. The summed E-state index contributed by atoms with van der Waals surface area (Å²) in [4.78, 5) is 23.4. The van der Waals surface area contributed by atoms with E-state index in [9.17, 15) is 18.0 Å². The van der Waals surface area contributed by atoms with Crippen LogP contribution >= 0.6 is 11.6 Å². The summed E-state index contributed by atoms with van der Waals surface area (Å²) in [6.45, 7) is 0.627. The summed E-state index contributed by atoms with van der Waals surface area (Å²) in [6.07, 6.45) is 1.49. The van der Waals surface area contributed by atoms with Crippen LogP contribution in [0.3, 0.4) is 0 Å². The van der Waals surface area contributed by atoms with Gasteiger partial charge in [-0.25, -0.2) is 17.9 Å². The van der Waals surface area contributed by atoms with Crippen molar-refractivity contribution < 1.29 is 27.5 Å². The van der Waals surface area contributed by atoms with Crippen LogP contribution in [0.1, 0.15) is 39.1 Å². The van der Waals surface area contributed by atoms with Gasteiger partial charge in [-0.2, -0.15) is 0 Å². The maximum atomic E-state index is 12.6. The smallest absolute Gasteiger partial charge is 0.338 e. The molecule has 0 radical (unpaired) electrons. The minimum absolute atomic E-state index is 0.0134. The summed E-state index contributed by atoms with van der Waals surface area (Å²) < 4.78 is 38.3. The van der Waals surface area contributed by atoms with E-state index in [0.717, 1.165) is 12.8 Å². The highest BCUT2D eigenvalue weighted by molar-refractivity contribution is 7.89. The number of benzene rings is 2. The van der Waals surface area contributed by atoms with Gasteiger partial charge in [-0.05, 0) is 48.7 Å². The normalized spacial score (nSPS) is 16.4. The number of esters is 1. The van der Waals surface area contributed by atoms with Gasteiger partial charge in [-0.1, -0.05) is 23.7 Å². The van der Waals surface area contributed by atoms with E-state index >= 15 is 0 Å². The Balaban J connectivity index is 1.69. The summed E-state index contributed by atoms with van der Waals surface area (Å²) in [5, 5.41) is -0.0134. The lowest BCUT2D eigenvalue weighted by Gasteiger charge is -2.13. The SMILES string of the molecule is NC(=O)c1cccc(COC(=O)c2ccc(Cl)c(S(=O)(=O)NCC3CCCO3)c2)c1. The zero-order valence-electron chi connectivity index (χ0n) is 16.0. The summed E-state index contributed by atoms with van der Waals surface area (Å²) >= 11 is 6.05. The summed E-state index contributed by atoms with van der Waals surface area (Å²) in [6, 6.07) is 10.2. The number of ether oxygens (including phenoxy) is 2. The van der Waals surface area contributed by atoms with Gasteiger partial charge in [0.15, 0.2) is 0 Å². The molecule has 0 spiro atoms. The number of amides is 1. The fourth-order valence-electron chi connectivity index (χ4n) is 2.97. The van der Waals surface area contributed by atoms with E-state index < -0.39 is 21.9 Å². The first kappa shape index (κ1) is 22.2. The molecule has 1 aliphatic heterocycles. The Kier molecular flexibility index (Phi) is 7.09. The number of halogens is 1. The highest BCUT2D eigenvalue weighted by Crippen LogP contribution is 2.24. The molecule has 30 heavy (non-hydrogen) atoms. The quantitative estimate of drug-likeness (QED) is 0.592. The predicted octanol–water partition coefficient (Wildman–Crippen LogP) is 2.25. The van der Waals surface area contributed by atoms with Crippen molar-refractivity contribution in [2.45, 2.75) is 30.4 Å². The number of sulfonamides is 1. The van der Waals surface area contributed by atoms with Crippen molar-refractivity contribution in [1.29, 1.82) is 0 Å². The van der Waals surface area contributed by atoms with Crippen molar-refractivity contribution in [2.75, 3.05) is 13.2 Å². The van der Waals surface area contributed by atoms with Crippen LogP contribution < -0.4 is 10.5 Å². The second kappa shape index (κ2) is 9.57. The van der Waals surface area contributed by atoms with Crippen molar-refractivity contribution in [3.8, 4) is 0 Å². The summed E-state index contributed by atoms with van der Waals surface area (Å²) in [5.74, 6) is -1.32. The van der Waals surface area contributed by atoms with E-state index in [1.54, 1.807) is 18.2 Å². The fourth-order valence-corrected chi connectivity index (χ4v) is 4.56. The van der Waals surface area contributed by atoms with E-state index in [1.165, 1.54) is 24.3 Å². The number of hydrogen-bond donors (Lipinski definition) is 2. The van der Waals surface area contributed by atoms with Gasteiger partial charge in [-0.3, -0.25) is 4.79 Å². The molecule has 2 aromatic carbocycles.